The normalized spacial score (nSPS) is 21.2. The molecule has 1 fully saturated rings. The number of aromatic nitrogens is 1. The number of hydrogen-bond donors (Lipinski definition) is 3. The SMILES string of the molecule is O=C(NCc1ccnc(OCC(F)(F)F)c1)NC1CCC(O)CC1. The summed E-state index contributed by atoms with van der Waals surface area (Å²) in [5, 5.41) is 14.9. The van der Waals surface area contributed by atoms with E-state index in [0.29, 0.717) is 18.4 Å². The van der Waals surface area contributed by atoms with E-state index in [9.17, 15) is 23.1 Å². The van der Waals surface area contributed by atoms with E-state index in [-0.39, 0.29) is 30.6 Å². The van der Waals surface area contributed by atoms with Crippen molar-refractivity contribution in [3.63, 3.8) is 0 Å². The molecule has 0 atom stereocenters. The van der Waals surface area contributed by atoms with Crippen molar-refractivity contribution in [2.24, 2.45) is 0 Å². The largest absolute Gasteiger partial charge is 0.468 e. The zero-order chi connectivity index (χ0) is 17.6. The van der Waals surface area contributed by atoms with Gasteiger partial charge >= 0.3 is 12.2 Å². The number of nitrogens with zero attached hydrogens (tertiary/aromatic N) is 1. The molecular formula is C15H20F3N3O3. The number of hydrogen-bond acceptors (Lipinski definition) is 4. The minimum absolute atomic E-state index is 0.0246. The number of carbonyl (C=O) groups excluding carboxylic acids is 1. The van der Waals surface area contributed by atoms with Crippen molar-refractivity contribution < 1.29 is 27.8 Å². The molecule has 3 N–H and O–H groups in total. The topological polar surface area (TPSA) is 83.5 Å². The molecule has 9 heteroatoms. The van der Waals surface area contributed by atoms with E-state index in [0.717, 1.165) is 12.8 Å². The molecule has 1 aromatic rings. The highest BCUT2D eigenvalue weighted by atomic mass is 19.4. The summed E-state index contributed by atoms with van der Waals surface area (Å²) in [6.07, 6.45) is -0.631. The van der Waals surface area contributed by atoms with Crippen LogP contribution in [-0.2, 0) is 6.54 Å². The van der Waals surface area contributed by atoms with Gasteiger partial charge in [-0.1, -0.05) is 0 Å². The van der Waals surface area contributed by atoms with Crippen molar-refractivity contribution in [3.8, 4) is 5.88 Å². The van der Waals surface area contributed by atoms with Gasteiger partial charge in [-0.2, -0.15) is 13.2 Å². The van der Waals surface area contributed by atoms with Gasteiger partial charge in [0.25, 0.3) is 0 Å². The summed E-state index contributed by atoms with van der Waals surface area (Å²) in [6.45, 7) is -1.27. The Morgan fingerprint density at radius 3 is 2.71 bits per heavy atom. The van der Waals surface area contributed by atoms with Gasteiger partial charge in [0.15, 0.2) is 6.61 Å². The van der Waals surface area contributed by atoms with Crippen LogP contribution in [0, 0.1) is 0 Å². The minimum atomic E-state index is -4.43. The van der Waals surface area contributed by atoms with Crippen LogP contribution in [0.5, 0.6) is 5.88 Å². The van der Waals surface area contributed by atoms with Crippen LogP contribution in [0.4, 0.5) is 18.0 Å². The van der Waals surface area contributed by atoms with Gasteiger partial charge in [-0.05, 0) is 37.3 Å². The predicted octanol–water partition coefficient (Wildman–Crippen LogP) is 2.13. The van der Waals surface area contributed by atoms with E-state index in [1.165, 1.54) is 12.3 Å². The first kappa shape index (κ1) is 18.3. The number of ether oxygens (including phenoxy) is 1. The van der Waals surface area contributed by atoms with E-state index in [1.807, 2.05) is 0 Å². The number of alkyl halides is 3. The molecule has 1 aliphatic rings. The number of nitrogens with one attached hydrogen (secondary N) is 2. The second kappa shape index (κ2) is 8.18. The third kappa shape index (κ3) is 6.61. The lowest BCUT2D eigenvalue weighted by molar-refractivity contribution is -0.154. The third-order valence-electron chi connectivity index (χ3n) is 3.67. The molecule has 2 rings (SSSR count). The van der Waals surface area contributed by atoms with Gasteiger partial charge < -0.3 is 20.5 Å². The molecule has 0 unspecified atom stereocenters. The van der Waals surface area contributed by atoms with Crippen LogP contribution in [0.15, 0.2) is 18.3 Å². The molecule has 24 heavy (non-hydrogen) atoms. The number of pyridine rings is 1. The van der Waals surface area contributed by atoms with Gasteiger partial charge in [-0.3, -0.25) is 0 Å². The predicted molar refractivity (Wildman–Crippen MR) is 79.4 cm³/mol. The zero-order valence-corrected chi connectivity index (χ0v) is 13.0. The molecule has 1 aliphatic carbocycles. The summed E-state index contributed by atoms with van der Waals surface area (Å²) in [4.78, 5) is 15.5. The second-order valence-electron chi connectivity index (χ2n) is 5.74. The molecule has 0 aliphatic heterocycles. The summed E-state index contributed by atoms with van der Waals surface area (Å²) < 4.78 is 40.9. The minimum Gasteiger partial charge on any atom is -0.468 e. The van der Waals surface area contributed by atoms with Crippen molar-refractivity contribution in [3.05, 3.63) is 23.9 Å². The number of amides is 2. The fourth-order valence-corrected chi connectivity index (χ4v) is 2.43. The molecule has 0 spiro atoms. The van der Waals surface area contributed by atoms with Crippen LogP contribution in [-0.4, -0.2) is 41.1 Å². The Balaban J connectivity index is 1.76. The number of aliphatic hydroxyl groups is 1. The molecule has 1 aromatic heterocycles. The van der Waals surface area contributed by atoms with Gasteiger partial charge in [0.2, 0.25) is 5.88 Å². The van der Waals surface area contributed by atoms with Crippen LogP contribution >= 0.6 is 0 Å². The molecule has 0 saturated heterocycles. The number of urea groups is 1. The van der Waals surface area contributed by atoms with Crippen molar-refractivity contribution in [2.45, 2.75) is 50.6 Å². The van der Waals surface area contributed by atoms with Gasteiger partial charge in [0.05, 0.1) is 6.10 Å². The van der Waals surface area contributed by atoms with Crippen molar-refractivity contribution in [2.75, 3.05) is 6.61 Å². The molecule has 6 nitrogen and oxygen atoms in total. The molecule has 2 amide bonds. The van der Waals surface area contributed by atoms with E-state index < -0.39 is 12.8 Å². The van der Waals surface area contributed by atoms with Crippen LogP contribution < -0.4 is 15.4 Å². The lowest BCUT2D eigenvalue weighted by Gasteiger charge is -2.26. The van der Waals surface area contributed by atoms with Crippen molar-refractivity contribution in [1.82, 2.24) is 15.6 Å². The summed E-state index contributed by atoms with van der Waals surface area (Å²) in [6, 6.07) is 2.60. The lowest BCUT2D eigenvalue weighted by Crippen LogP contribution is -2.43. The highest BCUT2D eigenvalue weighted by Gasteiger charge is 2.28. The maximum absolute atomic E-state index is 12.1. The van der Waals surface area contributed by atoms with E-state index >= 15 is 0 Å². The standard InChI is InChI=1S/C15H20F3N3O3/c16-15(17,18)9-24-13-7-10(5-6-19-13)8-20-14(23)21-11-1-3-12(22)4-2-11/h5-7,11-12,22H,1-4,8-9H2,(H2,20,21,23). The van der Waals surface area contributed by atoms with Crippen LogP contribution in [0.3, 0.4) is 0 Å². The summed E-state index contributed by atoms with van der Waals surface area (Å²) in [7, 11) is 0. The Morgan fingerprint density at radius 1 is 1.33 bits per heavy atom. The van der Waals surface area contributed by atoms with E-state index in [2.05, 4.69) is 20.4 Å². The summed E-state index contributed by atoms with van der Waals surface area (Å²) >= 11 is 0. The number of rotatable bonds is 5. The Morgan fingerprint density at radius 2 is 2.04 bits per heavy atom. The van der Waals surface area contributed by atoms with E-state index in [4.69, 9.17) is 0 Å². The maximum Gasteiger partial charge on any atom is 0.422 e. The number of halogens is 3. The average molecular weight is 347 g/mol. The fourth-order valence-electron chi connectivity index (χ4n) is 2.43. The van der Waals surface area contributed by atoms with Crippen LogP contribution in [0.2, 0.25) is 0 Å². The number of aliphatic hydroxyl groups excluding tert-OH is 1. The smallest absolute Gasteiger partial charge is 0.422 e. The Kier molecular flexibility index (Phi) is 6.24. The van der Waals surface area contributed by atoms with Crippen molar-refractivity contribution >= 4 is 6.03 Å². The highest BCUT2D eigenvalue weighted by Crippen LogP contribution is 2.19. The molecule has 0 radical (unpaired) electrons. The van der Waals surface area contributed by atoms with Crippen molar-refractivity contribution in [1.29, 1.82) is 0 Å². The second-order valence-corrected chi connectivity index (χ2v) is 5.74. The maximum atomic E-state index is 12.1. The molecule has 134 valence electrons. The van der Waals surface area contributed by atoms with Gasteiger partial charge in [-0.25, -0.2) is 9.78 Å². The molecule has 0 bridgehead atoms. The Bertz CT molecular complexity index is 546. The summed E-state index contributed by atoms with van der Waals surface area (Å²) in [5.74, 6) is -0.145. The first-order valence-corrected chi connectivity index (χ1v) is 7.69. The molecule has 0 aromatic carbocycles. The molecule has 1 heterocycles. The van der Waals surface area contributed by atoms with Gasteiger partial charge in [-0.15, -0.1) is 0 Å². The monoisotopic (exact) mass is 347 g/mol. The average Bonchev–Trinajstić information content (AvgIpc) is 2.53. The Labute approximate surface area is 137 Å². The first-order chi connectivity index (χ1) is 11.3. The summed E-state index contributed by atoms with van der Waals surface area (Å²) in [5.41, 5.74) is 0.580. The highest BCUT2D eigenvalue weighted by molar-refractivity contribution is 5.74. The molecule has 1 saturated carbocycles. The van der Waals surface area contributed by atoms with Gasteiger partial charge in [0, 0.05) is 24.8 Å². The van der Waals surface area contributed by atoms with Gasteiger partial charge in [0.1, 0.15) is 0 Å². The zero-order valence-electron chi connectivity index (χ0n) is 13.0. The molecular weight excluding hydrogens is 327 g/mol. The lowest BCUT2D eigenvalue weighted by atomic mass is 9.93. The quantitative estimate of drug-likeness (QED) is 0.762. The van der Waals surface area contributed by atoms with Crippen LogP contribution in [0.1, 0.15) is 31.2 Å². The first-order valence-electron chi connectivity index (χ1n) is 7.69. The number of carbonyl (C=O) groups is 1. The Hall–Kier alpha value is -2.03. The van der Waals surface area contributed by atoms with Crippen LogP contribution in [0.25, 0.3) is 0 Å². The van der Waals surface area contributed by atoms with E-state index in [1.54, 1.807) is 6.07 Å². The fraction of sp³-hybridized carbons (Fsp3) is 0.600. The third-order valence-corrected chi connectivity index (χ3v) is 3.67.